The highest BCUT2D eigenvalue weighted by atomic mass is 32.1. The molecule has 18 unspecified atom stereocenters. The van der Waals surface area contributed by atoms with E-state index in [0.29, 0.717) is 0 Å². The third-order valence-electron chi connectivity index (χ3n) is 11.0. The maximum absolute atomic E-state index is 12.7. The lowest BCUT2D eigenvalue weighted by molar-refractivity contribution is -0.363. The first-order chi connectivity index (χ1) is 38.8. The summed E-state index contributed by atoms with van der Waals surface area (Å²) >= 11 is 32.3. The number of hydrogen-bond acceptors (Lipinski definition) is 34. The van der Waals surface area contributed by atoms with Crippen molar-refractivity contribution in [3.05, 3.63) is 12.3 Å². The van der Waals surface area contributed by atoms with Gasteiger partial charge in [0.15, 0.2) is 18.9 Å². The van der Waals surface area contributed by atoms with Crippen LogP contribution in [0.15, 0.2) is 12.3 Å². The molecule has 474 valence electrons. The Bertz CT molecular complexity index is 1970. The van der Waals surface area contributed by atoms with Crippen molar-refractivity contribution in [2.45, 2.75) is 155 Å². The van der Waals surface area contributed by atoms with Gasteiger partial charge in [-0.25, -0.2) is 0 Å². The second kappa shape index (κ2) is 41.4. The van der Waals surface area contributed by atoms with Crippen molar-refractivity contribution in [2.24, 2.45) is 11.8 Å². The zero-order valence-electron chi connectivity index (χ0n) is 46.5. The Balaban J connectivity index is 2.97. The quantitative estimate of drug-likeness (QED) is 0.0144. The van der Waals surface area contributed by atoms with Gasteiger partial charge in [0.2, 0.25) is 37.7 Å². The van der Waals surface area contributed by atoms with Crippen LogP contribution in [-0.4, -0.2) is 220 Å². The predicted octanol–water partition coefficient (Wildman–Crippen LogP) is 2.87. The molecule has 2 fully saturated rings. The van der Waals surface area contributed by atoms with Crippen LogP contribution < -0.4 is 0 Å². The molecule has 2 aliphatic rings. The summed E-state index contributed by atoms with van der Waals surface area (Å²) in [5, 5.41) is 0. The Labute approximate surface area is 521 Å². The van der Waals surface area contributed by atoms with Crippen molar-refractivity contribution in [1.29, 1.82) is 0 Å². The lowest BCUT2D eigenvalue weighted by Gasteiger charge is -2.47. The standard InChI is InChI=1S/C48H78O26S8/c1-23(15-75)60-24(2)58-14-34-33(44(69-27(5)63-38(51)18-78)47(72-30(8)66-41(54)21-81)48(74-34)73-31(9)67-42(55)22-82)12-56-13-35-45(70-28(6)64-39(52)19-79)46(71-29(7)65-40(53)20-80)43(68-26(4)62-37(50)17-77)32(11-59-35)10-57-25(3)61-36(49)16-76/h24-35,43-48,75-82H,1,10-22H2,2-9H3. The molecule has 0 saturated carbocycles. The maximum atomic E-state index is 12.7. The van der Waals surface area contributed by atoms with Crippen molar-refractivity contribution in [1.82, 2.24) is 0 Å². The molecule has 0 aromatic rings. The van der Waals surface area contributed by atoms with Gasteiger partial charge in [0.05, 0.1) is 85.5 Å². The maximum Gasteiger partial charge on any atom is 0.317 e. The van der Waals surface area contributed by atoms with Gasteiger partial charge in [-0.3, -0.25) is 33.6 Å². The molecule has 82 heavy (non-hydrogen) atoms. The lowest BCUT2D eigenvalue weighted by Crippen LogP contribution is -2.61. The molecular formula is C48H78O26S8. The average Bonchev–Trinajstić information content (AvgIpc) is 3.73. The number of rotatable bonds is 39. The number of ether oxygens (including phenoxy) is 19. The molecule has 26 nitrogen and oxygen atoms in total. The van der Waals surface area contributed by atoms with Gasteiger partial charge in [0.1, 0.15) is 36.3 Å². The lowest BCUT2D eigenvalue weighted by atomic mass is 9.89. The van der Waals surface area contributed by atoms with E-state index in [1.165, 1.54) is 48.5 Å². The molecule has 2 rings (SSSR count). The van der Waals surface area contributed by atoms with Crippen LogP contribution in [0.3, 0.4) is 0 Å². The van der Waals surface area contributed by atoms with Gasteiger partial charge in [-0.2, -0.15) is 101 Å². The fourth-order valence-electron chi connectivity index (χ4n) is 7.82. The molecule has 34 heteroatoms. The van der Waals surface area contributed by atoms with Gasteiger partial charge in [-0.05, 0) is 55.4 Å². The van der Waals surface area contributed by atoms with Crippen LogP contribution in [0.5, 0.6) is 0 Å². The molecule has 2 saturated heterocycles. The number of hydrogen-bond donors (Lipinski definition) is 8. The highest BCUT2D eigenvalue weighted by molar-refractivity contribution is 7.82. The van der Waals surface area contributed by atoms with Crippen LogP contribution in [0.2, 0.25) is 0 Å². The van der Waals surface area contributed by atoms with Crippen LogP contribution in [0.25, 0.3) is 0 Å². The second-order valence-corrected chi connectivity index (χ2v) is 20.1. The van der Waals surface area contributed by atoms with E-state index in [4.69, 9.17) is 90.0 Å². The van der Waals surface area contributed by atoms with Crippen molar-refractivity contribution in [3.8, 4) is 0 Å². The fourth-order valence-corrected chi connectivity index (χ4v) is 8.42. The highest BCUT2D eigenvalue weighted by Crippen LogP contribution is 2.36. The monoisotopic (exact) mass is 1330 g/mol. The predicted molar refractivity (Wildman–Crippen MR) is 313 cm³/mol. The third-order valence-corrected chi connectivity index (χ3v) is 13.2. The van der Waals surface area contributed by atoms with E-state index < -0.39 is 166 Å². The summed E-state index contributed by atoms with van der Waals surface area (Å²) in [4.78, 5) is 87.7. The first-order valence-electron chi connectivity index (χ1n) is 25.4. The van der Waals surface area contributed by atoms with Gasteiger partial charge in [0.25, 0.3) is 0 Å². The minimum absolute atomic E-state index is 0.154. The smallest absolute Gasteiger partial charge is 0.317 e. The Morgan fingerprint density at radius 2 is 0.744 bits per heavy atom. The Kier molecular flexibility index (Phi) is 38.5. The molecule has 0 aliphatic carbocycles. The number of carbonyl (C=O) groups is 7. The summed E-state index contributed by atoms with van der Waals surface area (Å²) in [5.41, 5.74) is 0. The van der Waals surface area contributed by atoms with E-state index >= 15 is 0 Å². The molecule has 2 heterocycles. The highest BCUT2D eigenvalue weighted by Gasteiger charge is 2.52. The molecule has 0 radical (unpaired) electrons. The van der Waals surface area contributed by atoms with Crippen molar-refractivity contribution in [2.75, 3.05) is 79.1 Å². The van der Waals surface area contributed by atoms with Gasteiger partial charge in [-0.1, -0.05) is 6.58 Å². The van der Waals surface area contributed by atoms with Crippen molar-refractivity contribution < 1.29 is 124 Å². The van der Waals surface area contributed by atoms with Crippen LogP contribution >= 0.6 is 101 Å². The van der Waals surface area contributed by atoms with E-state index in [-0.39, 0.29) is 71.6 Å². The molecule has 18 atom stereocenters. The minimum atomic E-state index is -1.55. The van der Waals surface area contributed by atoms with Gasteiger partial charge in [0, 0.05) is 17.6 Å². The summed E-state index contributed by atoms with van der Waals surface area (Å²) in [7, 11) is 0. The Morgan fingerprint density at radius 1 is 0.390 bits per heavy atom. The molecule has 0 aromatic carbocycles. The van der Waals surface area contributed by atoms with Gasteiger partial charge in [-0.15, -0.1) is 0 Å². The molecule has 0 N–H and O–H groups in total. The minimum Gasteiger partial charge on any atom is -0.469 e. The molecular weight excluding hydrogens is 1250 g/mol. The van der Waals surface area contributed by atoms with E-state index in [9.17, 15) is 33.6 Å². The number of carbonyl (C=O) groups excluding carboxylic acids is 7. The average molecular weight is 1330 g/mol. The Morgan fingerprint density at radius 3 is 1.17 bits per heavy atom. The summed E-state index contributed by atoms with van der Waals surface area (Å²) in [6.45, 7) is 13.5. The molecule has 0 bridgehead atoms. The van der Waals surface area contributed by atoms with Crippen LogP contribution in [0.1, 0.15) is 55.4 Å². The molecule has 0 aromatic heterocycles. The fraction of sp³-hybridized carbons (Fsp3) is 0.812. The zero-order valence-corrected chi connectivity index (χ0v) is 53.6. The normalized spacial score (nSPS) is 25.7. The largest absolute Gasteiger partial charge is 0.469 e. The Hall–Kier alpha value is -1.81. The number of esters is 7. The van der Waals surface area contributed by atoms with Crippen molar-refractivity contribution in [3.63, 3.8) is 0 Å². The molecule has 0 amide bonds. The third kappa shape index (κ3) is 28.8. The van der Waals surface area contributed by atoms with Crippen LogP contribution in [0.4, 0.5) is 0 Å². The SMILES string of the molecule is C=C(CS)OC(C)OCC1OC(OC(C)OC(=O)CS)C(OC(C)OC(=O)CS)C(OC(C)OC(=O)CS)C1COCC1OCC(COC(C)OC(=O)CS)C(OC(C)OC(=O)CS)C(OC(C)OC(=O)CS)C1OC(C)OC(=O)CS. The van der Waals surface area contributed by atoms with E-state index in [1.807, 2.05) is 0 Å². The number of thiol groups is 8. The van der Waals surface area contributed by atoms with Crippen molar-refractivity contribution >= 4 is 143 Å². The van der Waals surface area contributed by atoms with Crippen LogP contribution in [-0.2, 0) is 124 Å². The summed E-state index contributed by atoms with van der Waals surface area (Å²) in [6.07, 6.45) is -21.3. The summed E-state index contributed by atoms with van der Waals surface area (Å²) < 4.78 is 114. The summed E-state index contributed by atoms with van der Waals surface area (Å²) in [5.74, 6) is -9.19. The summed E-state index contributed by atoms with van der Waals surface area (Å²) in [6, 6.07) is 0. The van der Waals surface area contributed by atoms with Gasteiger partial charge < -0.3 is 90.0 Å². The first-order valence-corrected chi connectivity index (χ1v) is 30.5. The van der Waals surface area contributed by atoms with Crippen LogP contribution in [0, 0.1) is 11.8 Å². The zero-order chi connectivity index (χ0) is 61.6. The topological polar surface area (TPSA) is 295 Å². The van der Waals surface area contributed by atoms with Gasteiger partial charge >= 0.3 is 41.8 Å². The molecule has 0 spiro atoms. The van der Waals surface area contributed by atoms with E-state index in [2.05, 4.69) is 108 Å². The first kappa shape index (κ1) is 76.3. The second-order valence-electron chi connectivity index (χ2n) is 17.6. The molecule has 2 aliphatic heterocycles. The van der Waals surface area contributed by atoms with E-state index in [0.717, 1.165) is 0 Å². The van der Waals surface area contributed by atoms with E-state index in [1.54, 1.807) is 6.92 Å².